The maximum Gasteiger partial charge on any atom is 0.270 e. The summed E-state index contributed by atoms with van der Waals surface area (Å²) in [6.07, 6.45) is 2.65. The van der Waals surface area contributed by atoms with Gasteiger partial charge >= 0.3 is 0 Å². The number of nitrogens with zero attached hydrogens (tertiary/aromatic N) is 2. The molecule has 2 amide bonds. The van der Waals surface area contributed by atoms with Crippen LogP contribution in [-0.4, -0.2) is 29.5 Å². The summed E-state index contributed by atoms with van der Waals surface area (Å²) < 4.78 is 0. The lowest BCUT2D eigenvalue weighted by Crippen LogP contribution is -2.54. The number of fused-ring (bicyclic) bond motifs is 1. The smallest absolute Gasteiger partial charge is 0.270 e. The molecule has 5 nitrogen and oxygen atoms in total. The van der Waals surface area contributed by atoms with Crippen molar-refractivity contribution in [3.63, 3.8) is 0 Å². The van der Waals surface area contributed by atoms with E-state index in [1.807, 2.05) is 6.07 Å². The van der Waals surface area contributed by atoms with Crippen molar-refractivity contribution >= 4 is 58.2 Å². The second-order valence-corrected chi connectivity index (χ2v) is 9.56. The van der Waals surface area contributed by atoms with E-state index < -0.39 is 11.8 Å². The Morgan fingerprint density at radius 3 is 2.65 bits per heavy atom. The molecule has 0 aliphatic carbocycles. The van der Waals surface area contributed by atoms with Crippen molar-refractivity contribution in [3.05, 3.63) is 64.2 Å². The Morgan fingerprint density at radius 2 is 1.94 bits per heavy atom. The van der Waals surface area contributed by atoms with Gasteiger partial charge in [-0.1, -0.05) is 30.7 Å². The summed E-state index contributed by atoms with van der Waals surface area (Å²) in [5.74, 6) is -0.608. The van der Waals surface area contributed by atoms with Crippen LogP contribution in [-0.2, 0) is 9.59 Å². The summed E-state index contributed by atoms with van der Waals surface area (Å²) in [5, 5.41) is 3.13. The molecule has 7 heteroatoms. The highest BCUT2D eigenvalue weighted by molar-refractivity contribution is 7.80. The summed E-state index contributed by atoms with van der Waals surface area (Å²) >= 11 is 11.3. The third kappa shape index (κ3) is 3.86. The lowest BCUT2D eigenvalue weighted by atomic mass is 9.80. The number of nitrogens with one attached hydrogen (secondary N) is 1. The highest BCUT2D eigenvalue weighted by atomic mass is 35.5. The van der Waals surface area contributed by atoms with Crippen LogP contribution in [0.2, 0.25) is 5.02 Å². The maximum absolute atomic E-state index is 13.2. The Bertz CT molecular complexity index is 1140. The fourth-order valence-electron chi connectivity index (χ4n) is 4.36. The van der Waals surface area contributed by atoms with Gasteiger partial charge in [-0.25, -0.2) is 0 Å². The molecule has 2 aromatic rings. The Kier molecular flexibility index (Phi) is 5.40. The van der Waals surface area contributed by atoms with Gasteiger partial charge in [0.05, 0.1) is 5.69 Å². The Labute approximate surface area is 192 Å². The Balaban J connectivity index is 1.73. The van der Waals surface area contributed by atoms with Crippen LogP contribution in [0, 0.1) is 0 Å². The van der Waals surface area contributed by atoms with Gasteiger partial charge in [-0.05, 0) is 85.9 Å². The molecule has 1 fully saturated rings. The van der Waals surface area contributed by atoms with Crippen LogP contribution in [0.5, 0.6) is 0 Å². The first-order chi connectivity index (χ1) is 14.6. The van der Waals surface area contributed by atoms with Crippen LogP contribution in [0.4, 0.5) is 11.4 Å². The number of benzene rings is 2. The van der Waals surface area contributed by atoms with E-state index >= 15 is 0 Å². The molecular weight excluding hydrogens is 430 g/mol. The van der Waals surface area contributed by atoms with E-state index in [4.69, 9.17) is 23.8 Å². The first-order valence-corrected chi connectivity index (χ1v) is 10.9. The van der Waals surface area contributed by atoms with E-state index in [0.717, 1.165) is 12.0 Å². The van der Waals surface area contributed by atoms with Crippen molar-refractivity contribution in [1.82, 2.24) is 5.32 Å². The van der Waals surface area contributed by atoms with Crippen LogP contribution in [0.15, 0.2) is 48.0 Å². The summed E-state index contributed by atoms with van der Waals surface area (Å²) in [4.78, 5) is 29.4. The molecular formula is C24H24ClN3O2S. The van der Waals surface area contributed by atoms with E-state index in [1.165, 1.54) is 16.2 Å². The number of thiocarbonyl (C=S) groups is 1. The molecule has 160 valence electrons. The third-order valence-corrected chi connectivity index (χ3v) is 6.66. The van der Waals surface area contributed by atoms with E-state index in [0.29, 0.717) is 16.6 Å². The summed E-state index contributed by atoms with van der Waals surface area (Å²) in [6, 6.07) is 12.9. The van der Waals surface area contributed by atoms with Gasteiger partial charge in [-0.2, -0.15) is 0 Å². The molecule has 0 bridgehead atoms. The summed E-state index contributed by atoms with van der Waals surface area (Å²) in [6.45, 7) is 6.68. The predicted molar refractivity (Wildman–Crippen MR) is 130 cm³/mol. The SMILES string of the molecule is C[C@@H]1CC(C)(C)N(C)c2ccc(/C=C3\C(=O)NC(=S)N(c4cccc(Cl)c4)C3=O)cc21. The molecule has 2 aliphatic rings. The predicted octanol–water partition coefficient (Wildman–Crippen LogP) is 4.89. The number of hydrogen-bond donors (Lipinski definition) is 1. The molecule has 2 heterocycles. The third-order valence-electron chi connectivity index (χ3n) is 6.14. The molecule has 0 spiro atoms. The van der Waals surface area contributed by atoms with Gasteiger partial charge < -0.3 is 4.90 Å². The monoisotopic (exact) mass is 453 g/mol. The van der Waals surface area contributed by atoms with E-state index in [1.54, 1.807) is 30.3 Å². The average Bonchev–Trinajstić information content (AvgIpc) is 2.69. The highest BCUT2D eigenvalue weighted by Crippen LogP contribution is 2.42. The van der Waals surface area contributed by atoms with E-state index in [9.17, 15) is 9.59 Å². The van der Waals surface area contributed by atoms with Gasteiger partial charge in [0, 0.05) is 23.3 Å². The van der Waals surface area contributed by atoms with Crippen LogP contribution in [0.3, 0.4) is 0 Å². The van der Waals surface area contributed by atoms with E-state index in [2.05, 4.69) is 50.2 Å². The standard InChI is InChI=1S/C24H24ClN3O2S/c1-14-13-24(2,3)27(4)20-9-8-15(10-18(14)20)11-19-21(29)26-23(31)28(22(19)30)17-7-5-6-16(25)12-17/h5-12,14H,13H2,1-4H3,(H,26,29,31)/b19-11+/t14-/m1/s1. The minimum atomic E-state index is -0.503. The number of hydrogen-bond acceptors (Lipinski definition) is 4. The fourth-order valence-corrected chi connectivity index (χ4v) is 4.82. The summed E-state index contributed by atoms with van der Waals surface area (Å²) in [7, 11) is 2.10. The zero-order chi connectivity index (χ0) is 22.5. The van der Waals surface area contributed by atoms with Crippen LogP contribution >= 0.6 is 23.8 Å². The number of carbonyl (C=O) groups is 2. The molecule has 0 aromatic heterocycles. The zero-order valence-corrected chi connectivity index (χ0v) is 19.5. The van der Waals surface area contributed by atoms with Gasteiger partial charge in [0.2, 0.25) is 0 Å². The molecule has 1 saturated heterocycles. The number of anilines is 2. The largest absolute Gasteiger partial charge is 0.369 e. The summed E-state index contributed by atoms with van der Waals surface area (Å²) in [5.41, 5.74) is 3.80. The first-order valence-electron chi connectivity index (χ1n) is 10.1. The van der Waals surface area contributed by atoms with E-state index in [-0.39, 0.29) is 16.2 Å². The second kappa shape index (κ2) is 7.77. The molecule has 2 aromatic carbocycles. The molecule has 0 radical (unpaired) electrons. The van der Waals surface area contributed by atoms with Gasteiger partial charge in [0.1, 0.15) is 5.57 Å². The van der Waals surface area contributed by atoms with Crippen molar-refractivity contribution in [1.29, 1.82) is 0 Å². The molecule has 31 heavy (non-hydrogen) atoms. The molecule has 0 unspecified atom stereocenters. The van der Waals surface area contributed by atoms with Crippen molar-refractivity contribution in [2.45, 2.75) is 38.6 Å². The number of rotatable bonds is 2. The van der Waals surface area contributed by atoms with Crippen molar-refractivity contribution in [3.8, 4) is 0 Å². The highest BCUT2D eigenvalue weighted by Gasteiger charge is 2.36. The molecule has 1 N–H and O–H groups in total. The van der Waals surface area contributed by atoms with Gasteiger partial charge in [0.25, 0.3) is 11.8 Å². The van der Waals surface area contributed by atoms with Crippen LogP contribution < -0.4 is 15.1 Å². The number of halogens is 1. The normalized spacial score (nSPS) is 21.9. The van der Waals surface area contributed by atoms with Gasteiger partial charge in [-0.3, -0.25) is 19.8 Å². The topological polar surface area (TPSA) is 52.7 Å². The van der Waals surface area contributed by atoms with Crippen LogP contribution in [0.25, 0.3) is 6.08 Å². The Morgan fingerprint density at radius 1 is 1.19 bits per heavy atom. The number of amides is 2. The maximum atomic E-state index is 13.2. The average molecular weight is 454 g/mol. The van der Waals surface area contributed by atoms with Gasteiger partial charge in [-0.15, -0.1) is 0 Å². The molecule has 4 rings (SSSR count). The quantitative estimate of drug-likeness (QED) is 0.399. The van der Waals surface area contributed by atoms with Crippen molar-refractivity contribution < 1.29 is 9.59 Å². The van der Waals surface area contributed by atoms with Crippen molar-refractivity contribution in [2.75, 3.05) is 16.8 Å². The van der Waals surface area contributed by atoms with Gasteiger partial charge in [0.15, 0.2) is 5.11 Å². The Hall–Kier alpha value is -2.70. The van der Waals surface area contributed by atoms with Crippen molar-refractivity contribution in [2.24, 2.45) is 0 Å². The zero-order valence-electron chi connectivity index (χ0n) is 17.9. The lowest BCUT2D eigenvalue weighted by Gasteiger charge is -2.45. The number of carbonyl (C=O) groups excluding carboxylic acids is 2. The minimum Gasteiger partial charge on any atom is -0.369 e. The molecule has 2 aliphatic heterocycles. The molecule has 1 atom stereocenters. The minimum absolute atomic E-state index is 0.0330. The lowest BCUT2D eigenvalue weighted by molar-refractivity contribution is -0.122. The second-order valence-electron chi connectivity index (χ2n) is 8.73. The first kappa shape index (κ1) is 21.5. The van der Waals surface area contributed by atoms with Crippen LogP contribution in [0.1, 0.15) is 44.2 Å². The fraction of sp³-hybridized carbons (Fsp3) is 0.292. The molecule has 0 saturated carbocycles.